The molecule has 1 heterocycles. The fourth-order valence-electron chi connectivity index (χ4n) is 3.11. The zero-order chi connectivity index (χ0) is 39.5. The van der Waals surface area contributed by atoms with Crippen LogP contribution in [-0.2, 0) is 53.5 Å². The van der Waals surface area contributed by atoms with Gasteiger partial charge in [0, 0.05) is 29.3 Å². The highest BCUT2D eigenvalue weighted by Gasteiger charge is 2.14. The van der Waals surface area contributed by atoms with Crippen molar-refractivity contribution in [3.05, 3.63) is 34.1 Å². The van der Waals surface area contributed by atoms with Gasteiger partial charge in [-0.15, -0.1) is 10.2 Å². The van der Waals surface area contributed by atoms with E-state index >= 15 is 0 Å². The van der Waals surface area contributed by atoms with Crippen LogP contribution in [0.5, 0.6) is 0 Å². The number of aromatic nitrogens is 3. The second-order valence-electron chi connectivity index (χ2n) is 11.1. The lowest BCUT2D eigenvalue weighted by Crippen LogP contribution is -2.12. The van der Waals surface area contributed by atoms with Crippen molar-refractivity contribution in [2.75, 3.05) is 77.7 Å². The third kappa shape index (κ3) is 36.9. The molecule has 0 fully saturated rings. The van der Waals surface area contributed by atoms with Crippen molar-refractivity contribution in [1.29, 1.82) is 0 Å². The molecule has 0 unspecified atom stereocenters. The van der Waals surface area contributed by atoms with Gasteiger partial charge in [-0.25, -0.2) is 13.4 Å². The van der Waals surface area contributed by atoms with Gasteiger partial charge < -0.3 is 34.5 Å². The minimum atomic E-state index is -3.30. The molecule has 0 aliphatic rings. The Morgan fingerprint density at radius 1 is 0.769 bits per heavy atom. The van der Waals surface area contributed by atoms with E-state index in [-0.39, 0.29) is 44.8 Å². The normalized spacial score (nSPS) is 11.2. The summed E-state index contributed by atoms with van der Waals surface area (Å²) >= 11 is 12.2. The van der Waals surface area contributed by atoms with Gasteiger partial charge in [0.05, 0.1) is 93.7 Å². The lowest BCUT2D eigenvalue weighted by molar-refractivity contribution is -0.00169. The van der Waals surface area contributed by atoms with E-state index in [9.17, 15) is 16.8 Å². The second kappa shape index (κ2) is 31.8. The first-order chi connectivity index (χ1) is 23.7. The maximum absolute atomic E-state index is 10.4. The number of nitrogen functional groups attached to an aromatic ring is 1. The van der Waals surface area contributed by atoms with Crippen molar-refractivity contribution in [2.45, 2.75) is 80.1 Å². The molecule has 0 saturated carbocycles. The van der Waals surface area contributed by atoms with Gasteiger partial charge in [-0.3, -0.25) is 4.18 Å². The first-order valence-corrected chi connectivity index (χ1v) is 21.2. The van der Waals surface area contributed by atoms with Crippen LogP contribution in [0.4, 0.5) is 5.82 Å². The summed E-state index contributed by atoms with van der Waals surface area (Å²) in [5.41, 5.74) is 7.06. The third-order valence-electron chi connectivity index (χ3n) is 5.08. The minimum absolute atomic E-state index is 0. The number of aryl methyl sites for hydroxylation is 1. The highest BCUT2D eigenvalue weighted by Crippen LogP contribution is 2.34. The van der Waals surface area contributed by atoms with E-state index < -0.39 is 19.2 Å². The number of aliphatic hydroxyl groups excluding tert-OH is 1. The molecule has 0 saturated heterocycles. The summed E-state index contributed by atoms with van der Waals surface area (Å²) in [5.74, 6) is 0.831. The van der Waals surface area contributed by atoms with Crippen molar-refractivity contribution in [2.24, 2.45) is 0 Å². The van der Waals surface area contributed by atoms with Gasteiger partial charge in [0.25, 0.3) is 10.1 Å². The molecule has 0 aliphatic carbocycles. The predicted molar refractivity (Wildman–Crippen MR) is 208 cm³/mol. The average Bonchev–Trinajstić information content (AvgIpc) is 3.00. The van der Waals surface area contributed by atoms with Crippen LogP contribution in [0, 0.1) is 0 Å². The molecule has 0 bridgehead atoms. The molecule has 0 spiro atoms. The summed E-state index contributed by atoms with van der Waals surface area (Å²) in [6, 6.07) is 5.25. The first kappa shape index (κ1) is 54.9. The summed E-state index contributed by atoms with van der Waals surface area (Å²) < 4.78 is 70.3. The predicted octanol–water partition coefficient (Wildman–Crippen LogP) is 5.43. The molecule has 20 heteroatoms. The van der Waals surface area contributed by atoms with Crippen LogP contribution in [0.3, 0.4) is 0 Å². The second-order valence-corrected chi connectivity index (χ2v) is 16.6. The third-order valence-corrected chi connectivity index (χ3v) is 6.49. The Labute approximate surface area is 325 Å². The first-order valence-electron chi connectivity index (χ1n) is 16.0. The molecular weight excluding hydrogens is 787 g/mol. The summed E-state index contributed by atoms with van der Waals surface area (Å²) in [6.45, 7) is 15.4. The zero-order valence-corrected chi connectivity index (χ0v) is 34.5. The molecule has 1 aromatic carbocycles. The van der Waals surface area contributed by atoms with Crippen molar-refractivity contribution in [1.82, 2.24) is 15.2 Å². The Kier molecular flexibility index (Phi) is 33.6. The van der Waals surface area contributed by atoms with Crippen molar-refractivity contribution in [3.8, 4) is 11.3 Å². The van der Waals surface area contributed by atoms with E-state index in [1.807, 2.05) is 41.5 Å². The van der Waals surface area contributed by atoms with Crippen molar-refractivity contribution >= 4 is 58.9 Å². The Hall–Kier alpha value is -1.48. The van der Waals surface area contributed by atoms with Crippen molar-refractivity contribution in [3.63, 3.8) is 0 Å². The largest absolute Gasteiger partial charge is 0.394 e. The van der Waals surface area contributed by atoms with E-state index in [1.165, 1.54) is 0 Å². The van der Waals surface area contributed by atoms with E-state index in [1.54, 1.807) is 18.2 Å². The summed E-state index contributed by atoms with van der Waals surface area (Å²) in [5, 5.41) is 17.3. The zero-order valence-electron chi connectivity index (χ0n) is 30.6. The van der Waals surface area contributed by atoms with Crippen molar-refractivity contribution < 1.29 is 49.8 Å². The fourth-order valence-corrected chi connectivity index (χ4v) is 3.87. The number of benzene rings is 1. The monoisotopic (exact) mass is 844 g/mol. The molecule has 3 N–H and O–H groups in total. The number of ether oxygens (including phenoxy) is 5. The lowest BCUT2D eigenvalue weighted by Gasteiger charge is -2.09. The van der Waals surface area contributed by atoms with Crippen LogP contribution in [0.25, 0.3) is 11.3 Å². The van der Waals surface area contributed by atoms with Crippen LogP contribution in [0.1, 0.15) is 61.2 Å². The summed E-state index contributed by atoms with van der Waals surface area (Å²) in [6.07, 6.45) is 3.89. The van der Waals surface area contributed by atoms with Crippen LogP contribution in [0.2, 0.25) is 10.0 Å². The van der Waals surface area contributed by atoms with Gasteiger partial charge >= 0.3 is 0 Å². The number of hydrogen-bond acceptors (Lipinski definition) is 15. The van der Waals surface area contributed by atoms with Gasteiger partial charge in [0.1, 0.15) is 5.69 Å². The van der Waals surface area contributed by atoms with E-state index in [2.05, 4.69) is 30.0 Å². The molecule has 0 amide bonds. The lowest BCUT2D eigenvalue weighted by atomic mass is 10.1. The maximum atomic E-state index is 10.4. The fraction of sp³-hybridized carbons (Fsp3) is 0.719. The number of nitrogens with zero attached hydrogens (tertiary/aromatic N) is 3. The van der Waals surface area contributed by atoms with Crippen LogP contribution in [0.15, 0.2) is 18.2 Å². The van der Waals surface area contributed by atoms with Gasteiger partial charge in [-0.05, 0) is 54.0 Å². The molecule has 2 aromatic rings. The highest BCUT2D eigenvalue weighted by molar-refractivity contribution is 8.13. The Morgan fingerprint density at radius 3 is 1.71 bits per heavy atom. The van der Waals surface area contributed by atoms with E-state index in [0.29, 0.717) is 79.8 Å². The molecular formula is C32H59Cl3N4O11S2. The number of hydrogen-bond donors (Lipinski definition) is 2. The van der Waals surface area contributed by atoms with Crippen LogP contribution >= 0.6 is 33.9 Å². The molecule has 2 rings (SSSR count). The number of halogens is 3. The Bertz CT molecular complexity index is 1400. The van der Waals surface area contributed by atoms with Crippen LogP contribution < -0.4 is 5.73 Å². The molecule has 15 nitrogen and oxygen atoms in total. The minimum Gasteiger partial charge on any atom is -0.394 e. The number of nitrogens with two attached hydrogens (primary N) is 1. The van der Waals surface area contributed by atoms with E-state index in [0.717, 1.165) is 18.9 Å². The number of anilines is 1. The van der Waals surface area contributed by atoms with Gasteiger partial charge in [0.2, 0.25) is 9.05 Å². The molecule has 1 aromatic heterocycles. The van der Waals surface area contributed by atoms with Gasteiger partial charge in [0.15, 0.2) is 11.6 Å². The Morgan fingerprint density at radius 2 is 1.25 bits per heavy atom. The van der Waals surface area contributed by atoms with Gasteiger partial charge in [-0.2, -0.15) is 8.42 Å². The quantitative estimate of drug-likeness (QED) is 0.0968. The summed E-state index contributed by atoms with van der Waals surface area (Å²) in [7, 11) is -1.99. The maximum Gasteiger partial charge on any atom is 0.264 e. The number of rotatable bonds is 20. The molecule has 0 aliphatic heterocycles. The van der Waals surface area contributed by atoms with E-state index in [4.69, 9.17) is 57.7 Å². The molecule has 0 atom stereocenters. The number of aliphatic hydroxyl groups is 1. The molecule has 306 valence electrons. The Balaban J connectivity index is -0.000000819. The summed E-state index contributed by atoms with van der Waals surface area (Å²) in [4.78, 5) is 4.31. The SMILES string of the molecule is C.CC(C)OCCO.CC(C)OCCOCCOCCCc1nnc(-c2cccc(Cl)c2Cl)c(N)n1.CC(C)OCCOS(C)(=O)=O.CS(=O)(=O)Cl. The average molecular weight is 846 g/mol. The smallest absolute Gasteiger partial charge is 0.264 e. The topological polar surface area (TPSA) is 209 Å². The van der Waals surface area contributed by atoms with Gasteiger partial charge in [-0.1, -0.05) is 42.8 Å². The molecule has 0 radical (unpaired) electrons. The highest BCUT2D eigenvalue weighted by atomic mass is 35.7. The standard InChI is InChI=1S/C19H26Cl2N4O3.C6H14O4S.C5H12O2.CH3ClO2S.CH4/c1-13(2)28-12-11-27-10-9-26-8-4-7-16-23-19(22)18(25-24-16)14-5-3-6-15(20)17(14)21;1-6(2)9-4-5-10-11(3,7)8;1-5(2)7-4-3-6;1-5(2,3)4;/h3,5-6,13H,4,7-12H2,1-2H3,(H2,22,23,24);6H,4-5H2,1-3H3;5-6H,3-4H2,1-2H3;1H3;1H4. The molecule has 52 heavy (non-hydrogen) atoms. The van der Waals surface area contributed by atoms with Crippen LogP contribution in [-0.4, -0.2) is 127 Å².